The van der Waals surface area contributed by atoms with Gasteiger partial charge in [0.15, 0.2) is 11.5 Å². The van der Waals surface area contributed by atoms with Crippen LogP contribution >= 0.6 is 27.5 Å². The summed E-state index contributed by atoms with van der Waals surface area (Å²) in [4.78, 5) is 4.04. The van der Waals surface area contributed by atoms with E-state index < -0.39 is 0 Å². The molecular weight excluding hydrogens is 440 g/mol. The monoisotopic (exact) mass is 460 g/mol. The molecular formula is C22H22BrClN2O2. The molecule has 6 heteroatoms. The SMILES string of the molecule is CCOc1cc(CNCc2ccncc2)cc(Br)c1OCc1ccccc1Cl. The fourth-order valence-corrected chi connectivity index (χ4v) is 3.54. The van der Waals surface area contributed by atoms with E-state index in [1.165, 1.54) is 5.56 Å². The van der Waals surface area contributed by atoms with Crippen LogP contribution < -0.4 is 14.8 Å². The second-order valence-corrected chi connectivity index (χ2v) is 7.44. The number of pyridine rings is 1. The molecule has 146 valence electrons. The summed E-state index contributed by atoms with van der Waals surface area (Å²) in [5.41, 5.74) is 3.23. The molecule has 4 nitrogen and oxygen atoms in total. The Labute approximate surface area is 179 Å². The van der Waals surface area contributed by atoms with Crippen molar-refractivity contribution in [2.24, 2.45) is 0 Å². The van der Waals surface area contributed by atoms with E-state index in [4.69, 9.17) is 21.1 Å². The molecule has 3 rings (SSSR count). The number of hydrogen-bond acceptors (Lipinski definition) is 4. The van der Waals surface area contributed by atoms with Crippen LogP contribution in [0.15, 0.2) is 65.4 Å². The molecule has 1 aromatic heterocycles. The van der Waals surface area contributed by atoms with Crippen molar-refractivity contribution in [3.8, 4) is 11.5 Å². The van der Waals surface area contributed by atoms with Gasteiger partial charge in [0.25, 0.3) is 0 Å². The quantitative estimate of drug-likeness (QED) is 0.440. The van der Waals surface area contributed by atoms with Gasteiger partial charge < -0.3 is 14.8 Å². The lowest BCUT2D eigenvalue weighted by Gasteiger charge is -2.16. The molecule has 0 spiro atoms. The van der Waals surface area contributed by atoms with Crippen molar-refractivity contribution in [2.75, 3.05) is 6.61 Å². The maximum atomic E-state index is 6.23. The van der Waals surface area contributed by atoms with Crippen molar-refractivity contribution >= 4 is 27.5 Å². The lowest BCUT2D eigenvalue weighted by molar-refractivity contribution is 0.267. The third-order valence-corrected chi connectivity index (χ3v) is 5.06. The summed E-state index contributed by atoms with van der Waals surface area (Å²) in [6.45, 7) is 4.38. The van der Waals surface area contributed by atoms with Crippen LogP contribution in [-0.2, 0) is 19.7 Å². The van der Waals surface area contributed by atoms with Gasteiger partial charge in [-0.25, -0.2) is 0 Å². The Hall–Kier alpha value is -2.08. The summed E-state index contributed by atoms with van der Waals surface area (Å²) in [6.07, 6.45) is 3.60. The number of ether oxygens (including phenoxy) is 2. The number of nitrogens with zero attached hydrogens (tertiary/aromatic N) is 1. The van der Waals surface area contributed by atoms with E-state index in [1.807, 2.05) is 55.5 Å². The number of nitrogens with one attached hydrogen (secondary N) is 1. The van der Waals surface area contributed by atoms with Crippen molar-refractivity contribution in [1.82, 2.24) is 10.3 Å². The van der Waals surface area contributed by atoms with Gasteiger partial charge in [-0.2, -0.15) is 0 Å². The largest absolute Gasteiger partial charge is 0.490 e. The molecule has 0 aliphatic rings. The van der Waals surface area contributed by atoms with Crippen LogP contribution in [-0.4, -0.2) is 11.6 Å². The Kier molecular flexibility index (Phi) is 7.71. The first-order valence-corrected chi connectivity index (χ1v) is 10.3. The Morgan fingerprint density at radius 1 is 1.00 bits per heavy atom. The molecule has 0 saturated heterocycles. The van der Waals surface area contributed by atoms with E-state index >= 15 is 0 Å². The Morgan fingerprint density at radius 3 is 2.50 bits per heavy atom. The first-order valence-electron chi connectivity index (χ1n) is 9.08. The summed E-state index contributed by atoms with van der Waals surface area (Å²) in [5.74, 6) is 1.39. The van der Waals surface area contributed by atoms with E-state index in [0.29, 0.717) is 36.3 Å². The zero-order valence-electron chi connectivity index (χ0n) is 15.6. The summed E-state index contributed by atoms with van der Waals surface area (Å²) >= 11 is 9.85. The highest BCUT2D eigenvalue weighted by Crippen LogP contribution is 2.37. The molecule has 0 radical (unpaired) electrons. The second-order valence-electron chi connectivity index (χ2n) is 6.18. The summed E-state index contributed by atoms with van der Waals surface area (Å²) < 4.78 is 12.7. The van der Waals surface area contributed by atoms with E-state index in [2.05, 4.69) is 26.2 Å². The van der Waals surface area contributed by atoms with Gasteiger partial charge in [0.1, 0.15) is 6.61 Å². The minimum Gasteiger partial charge on any atom is -0.490 e. The summed E-state index contributed by atoms with van der Waals surface area (Å²) in [5, 5.41) is 4.13. The van der Waals surface area contributed by atoms with Gasteiger partial charge in [-0.05, 0) is 64.3 Å². The van der Waals surface area contributed by atoms with Crippen molar-refractivity contribution in [1.29, 1.82) is 0 Å². The summed E-state index contributed by atoms with van der Waals surface area (Å²) in [7, 11) is 0. The Balaban J connectivity index is 1.69. The van der Waals surface area contributed by atoms with Gasteiger partial charge in [-0.15, -0.1) is 0 Å². The average molecular weight is 462 g/mol. The van der Waals surface area contributed by atoms with Gasteiger partial charge in [0, 0.05) is 36.1 Å². The zero-order chi connectivity index (χ0) is 19.8. The number of aromatic nitrogens is 1. The zero-order valence-corrected chi connectivity index (χ0v) is 18.0. The van der Waals surface area contributed by atoms with Crippen LogP contribution in [0.25, 0.3) is 0 Å². The number of rotatable bonds is 9. The van der Waals surface area contributed by atoms with Crippen LogP contribution in [0.3, 0.4) is 0 Å². The lowest BCUT2D eigenvalue weighted by Crippen LogP contribution is -2.13. The second kappa shape index (κ2) is 10.5. The van der Waals surface area contributed by atoms with Crippen LogP contribution in [0.1, 0.15) is 23.6 Å². The Bertz CT molecular complexity index is 906. The van der Waals surface area contributed by atoms with Crippen LogP contribution in [0.4, 0.5) is 0 Å². The lowest BCUT2D eigenvalue weighted by atomic mass is 10.2. The molecule has 0 aliphatic heterocycles. The van der Waals surface area contributed by atoms with Crippen LogP contribution in [0.5, 0.6) is 11.5 Å². The smallest absolute Gasteiger partial charge is 0.175 e. The topological polar surface area (TPSA) is 43.4 Å². The van der Waals surface area contributed by atoms with Crippen molar-refractivity contribution in [3.63, 3.8) is 0 Å². The molecule has 0 fully saturated rings. The predicted octanol–water partition coefficient (Wildman–Crippen LogP) is 5.77. The van der Waals surface area contributed by atoms with Gasteiger partial charge in [0.05, 0.1) is 11.1 Å². The van der Waals surface area contributed by atoms with E-state index in [9.17, 15) is 0 Å². The first-order chi connectivity index (χ1) is 13.7. The molecule has 0 bridgehead atoms. The standard InChI is InChI=1S/C22H22BrClN2O2/c1-2-27-21-12-17(14-26-13-16-7-9-25-10-8-16)11-19(23)22(21)28-15-18-5-3-4-6-20(18)24/h3-12,26H,2,13-15H2,1H3. The fourth-order valence-electron chi connectivity index (χ4n) is 2.74. The Morgan fingerprint density at radius 2 is 1.75 bits per heavy atom. The molecule has 3 aromatic rings. The number of halogens is 2. The molecule has 0 saturated carbocycles. The molecule has 0 aliphatic carbocycles. The van der Waals surface area contributed by atoms with Crippen LogP contribution in [0, 0.1) is 0 Å². The third-order valence-electron chi connectivity index (χ3n) is 4.11. The predicted molar refractivity (Wildman–Crippen MR) is 116 cm³/mol. The van der Waals surface area contributed by atoms with Crippen molar-refractivity contribution in [3.05, 3.63) is 87.1 Å². The maximum Gasteiger partial charge on any atom is 0.175 e. The van der Waals surface area contributed by atoms with Gasteiger partial charge >= 0.3 is 0 Å². The molecule has 0 amide bonds. The van der Waals surface area contributed by atoms with Gasteiger partial charge in [-0.1, -0.05) is 29.8 Å². The molecule has 28 heavy (non-hydrogen) atoms. The highest BCUT2D eigenvalue weighted by atomic mass is 79.9. The van der Waals surface area contributed by atoms with Gasteiger partial charge in [0.2, 0.25) is 0 Å². The minimum absolute atomic E-state index is 0.373. The van der Waals surface area contributed by atoms with Crippen molar-refractivity contribution in [2.45, 2.75) is 26.6 Å². The first kappa shape index (κ1) is 20.6. The van der Waals surface area contributed by atoms with Crippen LogP contribution in [0.2, 0.25) is 5.02 Å². The number of hydrogen-bond donors (Lipinski definition) is 1. The van der Waals surface area contributed by atoms with E-state index in [0.717, 1.165) is 22.1 Å². The van der Waals surface area contributed by atoms with Crippen molar-refractivity contribution < 1.29 is 9.47 Å². The average Bonchev–Trinajstić information content (AvgIpc) is 2.70. The minimum atomic E-state index is 0.373. The van der Waals surface area contributed by atoms with E-state index in [-0.39, 0.29) is 0 Å². The number of benzene rings is 2. The summed E-state index contributed by atoms with van der Waals surface area (Å²) in [6, 6.07) is 15.7. The normalized spacial score (nSPS) is 10.7. The fraction of sp³-hybridized carbons (Fsp3) is 0.227. The van der Waals surface area contributed by atoms with Gasteiger partial charge in [-0.3, -0.25) is 4.98 Å². The molecule has 0 unspecified atom stereocenters. The highest BCUT2D eigenvalue weighted by Gasteiger charge is 2.13. The third kappa shape index (κ3) is 5.71. The molecule has 1 heterocycles. The maximum absolute atomic E-state index is 6.23. The van der Waals surface area contributed by atoms with E-state index in [1.54, 1.807) is 12.4 Å². The highest BCUT2D eigenvalue weighted by molar-refractivity contribution is 9.10. The molecule has 2 aromatic carbocycles. The molecule has 1 N–H and O–H groups in total. The molecule has 0 atom stereocenters.